The minimum Gasteiger partial charge on any atom is -0.359 e. The Hall–Kier alpha value is -2.60. The molecule has 2 aliphatic rings. The molecule has 0 bridgehead atoms. The lowest BCUT2D eigenvalue weighted by Gasteiger charge is -2.30. The third kappa shape index (κ3) is 11.2. The summed E-state index contributed by atoms with van der Waals surface area (Å²) in [4.78, 5) is 55.7. The van der Waals surface area contributed by atoms with Crippen molar-refractivity contribution >= 4 is 41.4 Å². The summed E-state index contributed by atoms with van der Waals surface area (Å²) in [5.74, 6) is 0.740. The zero-order chi connectivity index (χ0) is 28.6. The molecule has 1 saturated carbocycles. The summed E-state index contributed by atoms with van der Waals surface area (Å²) in [6, 6.07) is -0.611. The zero-order valence-corrected chi connectivity index (χ0v) is 24.5. The third-order valence-electron chi connectivity index (χ3n) is 7.15. The molecule has 11 nitrogen and oxygen atoms in total. The molecule has 0 aromatic rings. The van der Waals surface area contributed by atoms with Gasteiger partial charge in [0.15, 0.2) is 5.96 Å². The van der Waals surface area contributed by atoms with Crippen molar-refractivity contribution in [2.24, 2.45) is 22.6 Å². The van der Waals surface area contributed by atoms with E-state index >= 15 is 0 Å². The number of nitrogens with zero attached hydrogens (tertiary/aromatic N) is 2. The average molecular weight is 566 g/mol. The molecule has 6 N–H and O–H groups in total. The smallest absolute Gasteiger partial charge is 0.267 e. The van der Waals surface area contributed by atoms with Crippen molar-refractivity contribution in [2.45, 2.75) is 70.8 Å². The van der Waals surface area contributed by atoms with Crippen LogP contribution in [0.25, 0.3) is 0 Å². The van der Waals surface area contributed by atoms with Crippen LogP contribution in [0, 0.1) is 11.8 Å². The second-order valence-corrected chi connectivity index (χ2v) is 11.3. The van der Waals surface area contributed by atoms with Crippen molar-refractivity contribution in [3.8, 4) is 0 Å². The van der Waals surface area contributed by atoms with Gasteiger partial charge in [0.25, 0.3) is 11.8 Å². The van der Waals surface area contributed by atoms with Crippen molar-refractivity contribution in [2.75, 3.05) is 46.0 Å². The fourth-order valence-corrected chi connectivity index (χ4v) is 5.60. The summed E-state index contributed by atoms with van der Waals surface area (Å²) in [6.07, 6.45) is 9.14. The van der Waals surface area contributed by atoms with E-state index in [4.69, 9.17) is 5.73 Å². The van der Waals surface area contributed by atoms with Crippen LogP contribution in [0.15, 0.2) is 16.0 Å². The van der Waals surface area contributed by atoms with E-state index in [0.717, 1.165) is 57.9 Å². The fourth-order valence-electron chi connectivity index (χ4n) is 4.76. The molecule has 1 aliphatic heterocycles. The Bertz CT molecular complexity index is 887. The maximum atomic E-state index is 12.8. The van der Waals surface area contributed by atoms with Gasteiger partial charge in [0.1, 0.15) is 0 Å². The summed E-state index contributed by atoms with van der Waals surface area (Å²) >= 11 is 1.27. The van der Waals surface area contributed by atoms with Gasteiger partial charge in [-0.2, -0.15) is 0 Å². The Balaban J connectivity index is 1.63. The van der Waals surface area contributed by atoms with Crippen molar-refractivity contribution in [3.05, 3.63) is 11.0 Å². The second-order valence-electron chi connectivity index (χ2n) is 10.1. The third-order valence-corrected chi connectivity index (χ3v) is 8.17. The highest BCUT2D eigenvalue weighted by molar-refractivity contribution is 8.04. The summed E-state index contributed by atoms with van der Waals surface area (Å²) < 4.78 is 0. The molecule has 12 heteroatoms. The molecule has 0 aromatic heterocycles. The number of hydrogen-bond donors (Lipinski definition) is 5. The Morgan fingerprint density at radius 1 is 1.08 bits per heavy atom. The van der Waals surface area contributed by atoms with E-state index in [1.165, 1.54) is 22.7 Å². The number of hydrogen-bond acceptors (Lipinski definition) is 7. The highest BCUT2D eigenvalue weighted by atomic mass is 32.2. The molecule has 2 rings (SSSR count). The zero-order valence-electron chi connectivity index (χ0n) is 23.7. The Labute approximate surface area is 236 Å². The molecule has 220 valence electrons. The van der Waals surface area contributed by atoms with Crippen molar-refractivity contribution in [3.63, 3.8) is 0 Å². The number of rotatable bonds is 16. The second kappa shape index (κ2) is 17.9. The van der Waals surface area contributed by atoms with Gasteiger partial charge in [0, 0.05) is 58.0 Å². The molecule has 1 heterocycles. The maximum absolute atomic E-state index is 12.8. The number of amides is 4. The fraction of sp³-hybridized carbons (Fsp3) is 0.741. The predicted octanol–water partition coefficient (Wildman–Crippen LogP) is 1.10. The Morgan fingerprint density at radius 2 is 1.79 bits per heavy atom. The summed E-state index contributed by atoms with van der Waals surface area (Å²) in [5, 5.41) is 11.9. The van der Waals surface area contributed by atoms with Crippen LogP contribution < -0.4 is 27.0 Å². The first-order chi connectivity index (χ1) is 18.8. The average Bonchev–Trinajstić information content (AvgIpc) is 3.21. The molecule has 1 aliphatic carbocycles. The maximum Gasteiger partial charge on any atom is 0.267 e. The number of nitrogens with two attached hydrogens (primary N) is 1. The number of guanidine groups is 1. The van der Waals surface area contributed by atoms with Gasteiger partial charge in [0.2, 0.25) is 11.8 Å². The molecular weight excluding hydrogens is 518 g/mol. The van der Waals surface area contributed by atoms with Crippen LogP contribution in [0.2, 0.25) is 0 Å². The lowest BCUT2D eigenvalue weighted by Crippen LogP contribution is -2.42. The van der Waals surface area contributed by atoms with E-state index in [0.29, 0.717) is 42.7 Å². The van der Waals surface area contributed by atoms with Crippen LogP contribution >= 0.6 is 11.8 Å². The summed E-state index contributed by atoms with van der Waals surface area (Å²) in [7, 11) is 3.46. The SMILES string of the molecule is CCCCCNC(=O)C1CCC(CN2C(=O)C=C(SCCNC(=O)C(N)CCCNC(=NC)NC)C2=O)CC1. The first-order valence-corrected chi connectivity index (χ1v) is 15.2. The normalized spacial score (nSPS) is 20.5. The molecule has 0 spiro atoms. The van der Waals surface area contributed by atoms with Gasteiger partial charge in [-0.15, -0.1) is 11.8 Å². The van der Waals surface area contributed by atoms with Gasteiger partial charge in [-0.25, -0.2) is 0 Å². The van der Waals surface area contributed by atoms with E-state index in [2.05, 4.69) is 33.2 Å². The summed E-state index contributed by atoms with van der Waals surface area (Å²) in [5.41, 5.74) is 5.98. The van der Waals surface area contributed by atoms with Crippen molar-refractivity contribution < 1.29 is 19.2 Å². The quantitative estimate of drug-likeness (QED) is 0.0806. The molecule has 39 heavy (non-hydrogen) atoms. The number of thioether (sulfide) groups is 1. The minimum atomic E-state index is -0.611. The van der Waals surface area contributed by atoms with Crippen LogP contribution in [0.5, 0.6) is 0 Å². The van der Waals surface area contributed by atoms with Gasteiger partial charge in [-0.05, 0) is 50.9 Å². The van der Waals surface area contributed by atoms with Crippen LogP contribution in [0.1, 0.15) is 64.7 Å². The molecule has 0 saturated heterocycles. The minimum absolute atomic E-state index is 0.0267. The number of aliphatic imine (C=N–C) groups is 1. The van der Waals surface area contributed by atoms with Crippen LogP contribution in [0.4, 0.5) is 0 Å². The number of unbranched alkanes of at least 4 members (excludes halogenated alkanes) is 2. The number of nitrogens with one attached hydrogen (secondary N) is 4. The highest BCUT2D eigenvalue weighted by Crippen LogP contribution is 2.32. The lowest BCUT2D eigenvalue weighted by atomic mass is 9.81. The largest absolute Gasteiger partial charge is 0.359 e. The standard InChI is InChI=1S/C27H47N7O4S/c1-4-5-6-13-31-24(36)20-11-9-19(10-12-20)18-34-23(35)17-22(26(34)38)39-16-15-32-25(37)21(28)8-7-14-33-27(29-2)30-3/h17,19-21H,4-16,18,28H2,1-3H3,(H,31,36)(H,32,37)(H2,29,30,33). The van der Waals surface area contributed by atoms with Gasteiger partial charge < -0.3 is 27.0 Å². The number of carbonyl (C=O) groups excluding carboxylic acids is 4. The monoisotopic (exact) mass is 565 g/mol. The van der Waals surface area contributed by atoms with Gasteiger partial charge >= 0.3 is 0 Å². The first-order valence-electron chi connectivity index (χ1n) is 14.2. The van der Waals surface area contributed by atoms with Crippen LogP contribution in [-0.2, 0) is 19.2 Å². The summed E-state index contributed by atoms with van der Waals surface area (Å²) in [6.45, 7) is 4.27. The van der Waals surface area contributed by atoms with E-state index in [-0.39, 0.29) is 35.5 Å². The van der Waals surface area contributed by atoms with Gasteiger partial charge in [-0.3, -0.25) is 29.1 Å². The van der Waals surface area contributed by atoms with E-state index in [1.807, 2.05) is 0 Å². The highest BCUT2D eigenvalue weighted by Gasteiger charge is 2.35. The van der Waals surface area contributed by atoms with Gasteiger partial charge in [0.05, 0.1) is 10.9 Å². The first kappa shape index (κ1) is 32.6. The molecule has 4 amide bonds. The molecule has 0 aromatic carbocycles. The molecule has 1 unspecified atom stereocenters. The number of carbonyl (C=O) groups is 4. The molecule has 1 atom stereocenters. The van der Waals surface area contributed by atoms with Crippen molar-refractivity contribution in [1.29, 1.82) is 0 Å². The lowest BCUT2D eigenvalue weighted by molar-refractivity contribution is -0.138. The van der Waals surface area contributed by atoms with E-state index in [9.17, 15) is 19.2 Å². The molecule has 0 radical (unpaired) electrons. The predicted molar refractivity (Wildman–Crippen MR) is 156 cm³/mol. The van der Waals surface area contributed by atoms with Crippen LogP contribution in [0.3, 0.4) is 0 Å². The van der Waals surface area contributed by atoms with Gasteiger partial charge in [-0.1, -0.05) is 19.8 Å². The Morgan fingerprint density at radius 3 is 2.46 bits per heavy atom. The topological polar surface area (TPSA) is 158 Å². The van der Waals surface area contributed by atoms with Crippen molar-refractivity contribution in [1.82, 2.24) is 26.2 Å². The van der Waals surface area contributed by atoms with E-state index in [1.54, 1.807) is 14.1 Å². The Kier molecular flexibility index (Phi) is 15.0. The van der Waals surface area contributed by atoms with Crippen LogP contribution in [-0.4, -0.2) is 86.6 Å². The molecular formula is C27H47N7O4S. The number of imide groups is 1. The van der Waals surface area contributed by atoms with E-state index < -0.39 is 6.04 Å². The molecule has 1 fully saturated rings.